The van der Waals surface area contributed by atoms with Gasteiger partial charge in [-0.15, -0.1) is 0 Å². The van der Waals surface area contributed by atoms with Crippen molar-refractivity contribution in [3.05, 3.63) is 52.7 Å². The van der Waals surface area contributed by atoms with Gasteiger partial charge in [-0.2, -0.15) is 0 Å². The van der Waals surface area contributed by atoms with Gasteiger partial charge in [-0.05, 0) is 5.56 Å². The van der Waals surface area contributed by atoms with Crippen molar-refractivity contribution < 1.29 is 14.6 Å². The van der Waals surface area contributed by atoms with E-state index in [1.54, 1.807) is 6.07 Å². The third-order valence-corrected chi connectivity index (χ3v) is 3.52. The first kappa shape index (κ1) is 14.0. The summed E-state index contributed by atoms with van der Waals surface area (Å²) >= 11 is 0. The van der Waals surface area contributed by atoms with Crippen molar-refractivity contribution in [1.29, 1.82) is 0 Å². The summed E-state index contributed by atoms with van der Waals surface area (Å²) in [6.45, 7) is 0. The van der Waals surface area contributed by atoms with Crippen LogP contribution in [-0.4, -0.2) is 24.3 Å². The van der Waals surface area contributed by atoms with E-state index in [4.69, 9.17) is 9.47 Å². The third kappa shape index (κ3) is 2.16. The van der Waals surface area contributed by atoms with Gasteiger partial charge in [0.05, 0.1) is 25.1 Å². The van der Waals surface area contributed by atoms with Crippen LogP contribution in [0.1, 0.15) is 0 Å². The quantitative estimate of drug-likeness (QED) is 0.779. The number of H-pyrrole nitrogens is 1. The Bertz CT molecular complexity index is 885. The minimum Gasteiger partial charge on any atom is -0.504 e. The van der Waals surface area contributed by atoms with E-state index in [0.717, 1.165) is 5.56 Å². The molecule has 0 aliphatic carbocycles. The first-order chi connectivity index (χ1) is 10.7. The molecule has 0 atom stereocenters. The number of phenolic OH excluding ortho intramolecular Hbond substituents is 1. The summed E-state index contributed by atoms with van der Waals surface area (Å²) in [5.74, 6) is 0.277. The van der Waals surface area contributed by atoms with E-state index in [-0.39, 0.29) is 22.3 Å². The number of rotatable bonds is 3. The van der Waals surface area contributed by atoms with E-state index >= 15 is 0 Å². The summed E-state index contributed by atoms with van der Waals surface area (Å²) in [7, 11) is 2.89. The van der Waals surface area contributed by atoms with Gasteiger partial charge in [-0.3, -0.25) is 4.79 Å². The Labute approximate surface area is 126 Å². The van der Waals surface area contributed by atoms with Crippen molar-refractivity contribution in [2.75, 3.05) is 14.2 Å². The van der Waals surface area contributed by atoms with Gasteiger partial charge in [0, 0.05) is 17.8 Å². The molecular formula is C17H15NO4. The van der Waals surface area contributed by atoms with E-state index in [9.17, 15) is 9.90 Å². The first-order valence-electron chi connectivity index (χ1n) is 6.72. The van der Waals surface area contributed by atoms with Gasteiger partial charge in [0.15, 0.2) is 16.9 Å². The highest BCUT2D eigenvalue weighted by Gasteiger charge is 2.17. The molecule has 0 bridgehead atoms. The number of aromatic nitrogens is 1. The lowest BCUT2D eigenvalue weighted by molar-refractivity contribution is 0.335. The molecule has 3 rings (SSSR count). The van der Waals surface area contributed by atoms with Gasteiger partial charge >= 0.3 is 0 Å². The Morgan fingerprint density at radius 3 is 2.41 bits per heavy atom. The molecule has 0 fully saturated rings. The molecule has 0 spiro atoms. The molecule has 1 heterocycles. The van der Waals surface area contributed by atoms with Crippen molar-refractivity contribution in [3.8, 4) is 28.5 Å². The molecule has 1 aromatic heterocycles. The molecule has 5 heteroatoms. The second kappa shape index (κ2) is 5.44. The molecule has 2 N–H and O–H groups in total. The molecule has 3 aromatic rings. The Morgan fingerprint density at radius 2 is 1.77 bits per heavy atom. The molecule has 0 unspecified atom stereocenters. The van der Waals surface area contributed by atoms with Gasteiger partial charge in [0.25, 0.3) is 0 Å². The highest BCUT2D eigenvalue weighted by Crippen LogP contribution is 2.41. The second-order valence-corrected chi connectivity index (χ2v) is 4.80. The fraction of sp³-hybridized carbons (Fsp3) is 0.118. The SMILES string of the molecule is COc1cc2[nH]c(-c3ccccc3)cc(=O)c2c(O)c1OC. The monoisotopic (exact) mass is 297 g/mol. The number of hydrogen-bond donors (Lipinski definition) is 2. The summed E-state index contributed by atoms with van der Waals surface area (Å²) in [4.78, 5) is 15.5. The number of aromatic amines is 1. The molecule has 0 saturated carbocycles. The number of phenols is 1. The lowest BCUT2D eigenvalue weighted by atomic mass is 10.1. The maximum absolute atomic E-state index is 12.4. The fourth-order valence-corrected chi connectivity index (χ4v) is 2.48. The Balaban J connectivity index is 2.34. The first-order valence-corrected chi connectivity index (χ1v) is 6.72. The lowest BCUT2D eigenvalue weighted by Gasteiger charge is -2.12. The van der Waals surface area contributed by atoms with Crippen molar-refractivity contribution in [2.45, 2.75) is 0 Å². The summed E-state index contributed by atoms with van der Waals surface area (Å²) in [5.41, 5.74) is 1.76. The largest absolute Gasteiger partial charge is 0.504 e. The lowest BCUT2D eigenvalue weighted by Crippen LogP contribution is -2.05. The molecule has 0 aliphatic rings. The number of pyridine rings is 1. The number of nitrogens with one attached hydrogen (secondary N) is 1. The van der Waals surface area contributed by atoms with Crippen LogP contribution in [0, 0.1) is 0 Å². The zero-order chi connectivity index (χ0) is 15.7. The second-order valence-electron chi connectivity index (χ2n) is 4.80. The molecule has 5 nitrogen and oxygen atoms in total. The average molecular weight is 297 g/mol. The van der Waals surface area contributed by atoms with Crippen LogP contribution in [0.4, 0.5) is 0 Å². The average Bonchev–Trinajstić information content (AvgIpc) is 2.54. The number of methoxy groups -OCH3 is 2. The minimum absolute atomic E-state index is 0.146. The van der Waals surface area contributed by atoms with E-state index in [2.05, 4.69) is 4.98 Å². The maximum atomic E-state index is 12.4. The molecule has 0 amide bonds. The van der Waals surface area contributed by atoms with Crippen LogP contribution in [0.25, 0.3) is 22.2 Å². The molecule has 0 radical (unpaired) electrons. The van der Waals surface area contributed by atoms with E-state index in [0.29, 0.717) is 17.0 Å². The summed E-state index contributed by atoms with van der Waals surface area (Å²) in [5, 5.41) is 10.5. The van der Waals surface area contributed by atoms with Crippen LogP contribution in [-0.2, 0) is 0 Å². The van der Waals surface area contributed by atoms with Gasteiger partial charge in [-0.25, -0.2) is 0 Å². The standard InChI is InChI=1S/C17H15NO4/c1-21-14-9-12-15(16(20)17(14)22-2)13(19)8-11(18-12)10-6-4-3-5-7-10/h3-9,20H,1-2H3,(H,18,19). The molecule has 2 aromatic carbocycles. The van der Waals surface area contributed by atoms with Crippen molar-refractivity contribution in [1.82, 2.24) is 4.98 Å². The minimum atomic E-state index is -0.286. The smallest absolute Gasteiger partial charge is 0.203 e. The van der Waals surface area contributed by atoms with E-state index in [1.807, 2.05) is 30.3 Å². The van der Waals surface area contributed by atoms with Crippen LogP contribution >= 0.6 is 0 Å². The predicted molar refractivity (Wildman–Crippen MR) is 84.8 cm³/mol. The number of hydrogen-bond acceptors (Lipinski definition) is 4. The van der Waals surface area contributed by atoms with Crippen LogP contribution in [0.2, 0.25) is 0 Å². The summed E-state index contributed by atoms with van der Waals surface area (Å²) < 4.78 is 10.3. The summed E-state index contributed by atoms with van der Waals surface area (Å²) in [6.07, 6.45) is 0. The number of ether oxygens (including phenoxy) is 2. The van der Waals surface area contributed by atoms with E-state index in [1.165, 1.54) is 20.3 Å². The fourth-order valence-electron chi connectivity index (χ4n) is 2.48. The van der Waals surface area contributed by atoms with Crippen LogP contribution in [0.15, 0.2) is 47.3 Å². The van der Waals surface area contributed by atoms with Crippen molar-refractivity contribution >= 4 is 10.9 Å². The van der Waals surface area contributed by atoms with Gasteiger partial charge in [0.2, 0.25) is 5.75 Å². The Hall–Kier alpha value is -2.95. The van der Waals surface area contributed by atoms with Gasteiger partial charge < -0.3 is 19.6 Å². The third-order valence-electron chi connectivity index (χ3n) is 3.52. The summed E-state index contributed by atoms with van der Waals surface area (Å²) in [6, 6.07) is 12.6. The van der Waals surface area contributed by atoms with Crippen LogP contribution in [0.5, 0.6) is 17.2 Å². The normalized spacial score (nSPS) is 10.6. The van der Waals surface area contributed by atoms with Crippen LogP contribution < -0.4 is 14.9 Å². The number of fused-ring (bicyclic) bond motifs is 1. The maximum Gasteiger partial charge on any atom is 0.203 e. The Kier molecular flexibility index (Phi) is 3.47. The van der Waals surface area contributed by atoms with Gasteiger partial charge in [0.1, 0.15) is 0 Å². The molecule has 112 valence electrons. The predicted octanol–water partition coefficient (Wildman–Crippen LogP) is 2.92. The van der Waals surface area contributed by atoms with Crippen molar-refractivity contribution in [2.24, 2.45) is 0 Å². The Morgan fingerprint density at radius 1 is 1.05 bits per heavy atom. The highest BCUT2D eigenvalue weighted by atomic mass is 16.5. The van der Waals surface area contributed by atoms with E-state index < -0.39 is 0 Å². The van der Waals surface area contributed by atoms with Gasteiger partial charge in [-0.1, -0.05) is 30.3 Å². The van der Waals surface area contributed by atoms with Crippen molar-refractivity contribution in [3.63, 3.8) is 0 Å². The number of aromatic hydroxyl groups is 1. The molecule has 0 aliphatic heterocycles. The highest BCUT2D eigenvalue weighted by molar-refractivity contribution is 5.91. The molecule has 22 heavy (non-hydrogen) atoms. The zero-order valence-electron chi connectivity index (χ0n) is 12.2. The molecular weight excluding hydrogens is 282 g/mol. The topological polar surface area (TPSA) is 71.6 Å². The number of benzene rings is 2. The zero-order valence-corrected chi connectivity index (χ0v) is 12.2. The molecule has 0 saturated heterocycles. The van der Waals surface area contributed by atoms with Crippen LogP contribution in [0.3, 0.4) is 0 Å².